The molecule has 362 valence electrons. The number of hydrogen-bond acceptors (Lipinski definition) is 6. The smallest absolute Gasteiger partial charge is 0.164 e. The Morgan fingerprint density at radius 1 is 0.321 bits per heavy atom. The molecule has 8 heteroatoms. The van der Waals surface area contributed by atoms with E-state index in [4.69, 9.17) is 23.8 Å². The molecule has 0 aliphatic heterocycles. The van der Waals surface area contributed by atoms with Crippen molar-refractivity contribution in [1.29, 1.82) is 5.26 Å². The molecule has 0 amide bonds. The van der Waals surface area contributed by atoms with Gasteiger partial charge in [-0.3, -0.25) is 0 Å². The summed E-state index contributed by atoms with van der Waals surface area (Å²) in [5.74, 6) is 1.68. The highest BCUT2D eigenvalue weighted by Crippen LogP contribution is 2.47. The van der Waals surface area contributed by atoms with Crippen LogP contribution in [-0.4, -0.2) is 24.1 Å². The second kappa shape index (κ2) is 17.1. The lowest BCUT2D eigenvalue weighted by molar-refractivity contribution is 0.672. The lowest BCUT2D eigenvalue weighted by Crippen LogP contribution is -2.04. The molecule has 16 aromatic rings. The molecule has 0 aliphatic carbocycles. The number of furan rings is 2. The van der Waals surface area contributed by atoms with Crippen molar-refractivity contribution in [1.82, 2.24) is 24.1 Å². The molecule has 0 spiro atoms. The van der Waals surface area contributed by atoms with Crippen molar-refractivity contribution in [3.63, 3.8) is 0 Å². The summed E-state index contributed by atoms with van der Waals surface area (Å²) < 4.78 is 18.4. The van der Waals surface area contributed by atoms with E-state index in [9.17, 15) is 5.26 Å². The number of fused-ring (bicyclic) bond motifs is 14. The first-order valence-electron chi connectivity index (χ1n) is 26.0. The Labute approximate surface area is 445 Å². The number of benzene rings is 11. The lowest BCUT2D eigenvalue weighted by atomic mass is 9.93. The Kier molecular flexibility index (Phi) is 9.53. The average Bonchev–Trinajstić information content (AvgIpc) is 4.46. The highest BCUT2D eigenvalue weighted by molar-refractivity contribution is 6.25. The van der Waals surface area contributed by atoms with Gasteiger partial charge in [-0.05, 0) is 102 Å². The predicted octanol–water partition coefficient (Wildman–Crippen LogP) is 18.1. The first-order chi connectivity index (χ1) is 38.6. The number of aromatic nitrogens is 5. The zero-order chi connectivity index (χ0) is 51.4. The van der Waals surface area contributed by atoms with Crippen molar-refractivity contribution in [3.05, 3.63) is 248 Å². The Morgan fingerprint density at radius 2 is 0.744 bits per heavy atom. The van der Waals surface area contributed by atoms with Gasteiger partial charge in [-0.2, -0.15) is 5.26 Å². The van der Waals surface area contributed by atoms with Gasteiger partial charge in [0.1, 0.15) is 22.3 Å². The average molecular weight is 997 g/mol. The molecular formula is C70H40N6O2. The van der Waals surface area contributed by atoms with Crippen LogP contribution < -0.4 is 0 Å². The number of hydrogen-bond donors (Lipinski definition) is 0. The molecule has 11 aromatic carbocycles. The molecule has 0 saturated carbocycles. The number of nitrogens with zero attached hydrogens (tertiary/aromatic N) is 6. The molecule has 78 heavy (non-hydrogen) atoms. The second-order valence-corrected chi connectivity index (χ2v) is 19.8. The van der Waals surface area contributed by atoms with E-state index < -0.39 is 0 Å². The minimum Gasteiger partial charge on any atom is -0.455 e. The highest BCUT2D eigenvalue weighted by Gasteiger charge is 2.26. The fourth-order valence-electron chi connectivity index (χ4n) is 11.9. The summed E-state index contributed by atoms with van der Waals surface area (Å²) in [6.07, 6.45) is 0. The summed E-state index contributed by atoms with van der Waals surface area (Å²) in [6, 6.07) is 86.2. The SMILES string of the molecule is N#Cc1cccc(-c2ccc(-n3c4ccccc4c4c5oc6ccccc6c5ccc43)c(-c3cc(-c4nc(-c5ccccc5)nc(-c5ccccc5)n4)ccc3-n3c4ccccc4c4c5oc6ccccc6c5ccc43)c2)c1. The molecule has 0 N–H and O–H groups in total. The van der Waals surface area contributed by atoms with Gasteiger partial charge in [0.05, 0.1) is 55.8 Å². The van der Waals surface area contributed by atoms with E-state index in [1.54, 1.807) is 0 Å². The number of rotatable bonds is 7. The summed E-state index contributed by atoms with van der Waals surface area (Å²) in [5.41, 5.74) is 16.2. The van der Waals surface area contributed by atoms with E-state index in [2.05, 4.69) is 155 Å². The molecule has 8 nitrogen and oxygen atoms in total. The largest absolute Gasteiger partial charge is 0.455 e. The maximum absolute atomic E-state index is 10.2. The molecule has 5 heterocycles. The third kappa shape index (κ3) is 6.62. The molecule has 0 bridgehead atoms. The van der Waals surface area contributed by atoms with Crippen molar-refractivity contribution in [2.24, 2.45) is 0 Å². The monoisotopic (exact) mass is 996 g/mol. The Bertz CT molecular complexity index is 5120. The minimum atomic E-state index is 0.533. The van der Waals surface area contributed by atoms with Gasteiger partial charge in [-0.25, -0.2) is 15.0 Å². The quantitative estimate of drug-likeness (QED) is 0.158. The van der Waals surface area contributed by atoms with Crippen LogP contribution in [-0.2, 0) is 0 Å². The second-order valence-electron chi connectivity index (χ2n) is 19.8. The Balaban J connectivity index is 1.04. The van der Waals surface area contributed by atoms with Crippen LogP contribution in [0.4, 0.5) is 0 Å². The first-order valence-corrected chi connectivity index (χ1v) is 26.0. The normalized spacial score (nSPS) is 11.8. The summed E-state index contributed by atoms with van der Waals surface area (Å²) in [4.78, 5) is 15.6. The van der Waals surface area contributed by atoms with Crippen LogP contribution in [0.1, 0.15) is 5.56 Å². The first kappa shape index (κ1) is 43.5. The van der Waals surface area contributed by atoms with Gasteiger partial charge < -0.3 is 18.0 Å². The minimum absolute atomic E-state index is 0.533. The van der Waals surface area contributed by atoms with Crippen LogP contribution in [0.5, 0.6) is 0 Å². The summed E-state index contributed by atoms with van der Waals surface area (Å²) in [6.45, 7) is 0. The van der Waals surface area contributed by atoms with Crippen LogP contribution in [0.3, 0.4) is 0 Å². The number of para-hydroxylation sites is 4. The third-order valence-corrected chi connectivity index (χ3v) is 15.4. The molecule has 0 radical (unpaired) electrons. The fraction of sp³-hybridized carbons (Fsp3) is 0. The molecule has 0 unspecified atom stereocenters. The van der Waals surface area contributed by atoms with E-state index in [0.717, 1.165) is 138 Å². The molecular weight excluding hydrogens is 957 g/mol. The molecule has 0 fully saturated rings. The van der Waals surface area contributed by atoms with Gasteiger partial charge in [-0.15, -0.1) is 0 Å². The van der Waals surface area contributed by atoms with Crippen LogP contribution in [0, 0.1) is 11.3 Å². The predicted molar refractivity (Wildman–Crippen MR) is 315 cm³/mol. The maximum atomic E-state index is 10.2. The molecule has 0 aliphatic rings. The number of nitriles is 1. The lowest BCUT2D eigenvalue weighted by Gasteiger charge is -2.21. The van der Waals surface area contributed by atoms with Gasteiger partial charge in [0.15, 0.2) is 17.5 Å². The zero-order valence-electron chi connectivity index (χ0n) is 41.6. The van der Waals surface area contributed by atoms with E-state index in [-0.39, 0.29) is 0 Å². The standard InChI is InChI=1S/C70H40N6O2/c71-41-42-16-15-21-45(38-42)46-30-34-58(75-56-26-11-7-24-52(56)64-60(75)36-32-50-48-22-9-13-28-62(48)77-66(50)64)54(39-46)55-40-47(70-73-68(43-17-3-1-4-18-43)72-69(74-70)44-19-5-2-6-20-44)31-35-59(55)76-57-27-12-8-25-53(57)65-61(76)37-33-51-49-23-10-14-29-63(49)78-67(51)65/h1-40H. The molecule has 0 saturated heterocycles. The van der Waals surface area contributed by atoms with Crippen LogP contribution in [0.2, 0.25) is 0 Å². The Hall–Kier alpha value is -10.9. The van der Waals surface area contributed by atoms with E-state index in [0.29, 0.717) is 23.0 Å². The zero-order valence-corrected chi connectivity index (χ0v) is 41.6. The summed E-state index contributed by atoms with van der Waals surface area (Å²) in [5, 5.41) is 18.7. The molecule has 0 atom stereocenters. The van der Waals surface area contributed by atoms with Gasteiger partial charge in [0.2, 0.25) is 0 Å². The van der Waals surface area contributed by atoms with Crippen molar-refractivity contribution in [2.45, 2.75) is 0 Å². The van der Waals surface area contributed by atoms with Crippen molar-refractivity contribution in [3.8, 4) is 73.9 Å². The van der Waals surface area contributed by atoms with E-state index in [1.165, 1.54) is 0 Å². The van der Waals surface area contributed by atoms with E-state index >= 15 is 0 Å². The van der Waals surface area contributed by atoms with Crippen LogP contribution in [0.25, 0.3) is 155 Å². The van der Waals surface area contributed by atoms with Crippen molar-refractivity contribution in [2.75, 3.05) is 0 Å². The van der Waals surface area contributed by atoms with Crippen LogP contribution >= 0.6 is 0 Å². The van der Waals surface area contributed by atoms with Gasteiger partial charge in [0.25, 0.3) is 0 Å². The maximum Gasteiger partial charge on any atom is 0.164 e. The van der Waals surface area contributed by atoms with Gasteiger partial charge in [0, 0.05) is 60.1 Å². The summed E-state index contributed by atoms with van der Waals surface area (Å²) in [7, 11) is 0. The topological polar surface area (TPSA) is 98.6 Å². The van der Waals surface area contributed by atoms with Gasteiger partial charge in [-0.1, -0.05) is 152 Å². The highest BCUT2D eigenvalue weighted by atomic mass is 16.3. The third-order valence-electron chi connectivity index (χ3n) is 15.4. The fourth-order valence-corrected chi connectivity index (χ4v) is 11.9. The van der Waals surface area contributed by atoms with E-state index in [1.807, 2.05) is 103 Å². The van der Waals surface area contributed by atoms with Crippen LogP contribution in [0.15, 0.2) is 251 Å². The van der Waals surface area contributed by atoms with Gasteiger partial charge >= 0.3 is 0 Å². The summed E-state index contributed by atoms with van der Waals surface area (Å²) >= 11 is 0. The van der Waals surface area contributed by atoms with Crippen molar-refractivity contribution < 1.29 is 8.83 Å². The van der Waals surface area contributed by atoms with Crippen molar-refractivity contribution >= 4 is 87.5 Å². The molecule has 5 aromatic heterocycles. The Morgan fingerprint density at radius 3 is 1.27 bits per heavy atom. The molecule has 16 rings (SSSR count).